The minimum Gasteiger partial charge on any atom is -0.387 e. The van der Waals surface area contributed by atoms with Gasteiger partial charge in [-0.1, -0.05) is 45.0 Å². The van der Waals surface area contributed by atoms with Crippen LogP contribution in [0.1, 0.15) is 51.3 Å². The van der Waals surface area contributed by atoms with Crippen molar-refractivity contribution in [3.63, 3.8) is 0 Å². The van der Waals surface area contributed by atoms with Gasteiger partial charge in [0.15, 0.2) is 0 Å². The number of benzene rings is 1. The van der Waals surface area contributed by atoms with E-state index in [-0.39, 0.29) is 29.9 Å². The van der Waals surface area contributed by atoms with E-state index >= 15 is 0 Å². The van der Waals surface area contributed by atoms with Crippen molar-refractivity contribution in [2.45, 2.75) is 51.7 Å². The Morgan fingerprint density at radius 3 is 2.50 bits per heavy atom. The second-order valence-electron chi connectivity index (χ2n) is 7.10. The van der Waals surface area contributed by atoms with Crippen molar-refractivity contribution < 1.29 is 14.6 Å². The molecule has 1 fully saturated rings. The minimum absolute atomic E-state index is 0.0321. The highest BCUT2D eigenvalue weighted by molar-refractivity contribution is 5.79. The molecule has 1 aromatic carbocycles. The summed E-state index contributed by atoms with van der Waals surface area (Å²) >= 11 is 0. The summed E-state index contributed by atoms with van der Waals surface area (Å²) in [5.41, 5.74) is 2.14. The molecule has 1 amide bonds. The number of rotatable bonds is 4. The Hall–Kier alpha value is -1.39. The molecule has 4 nitrogen and oxygen atoms in total. The van der Waals surface area contributed by atoms with Gasteiger partial charge in [-0.2, -0.15) is 0 Å². The summed E-state index contributed by atoms with van der Waals surface area (Å²) in [5.74, 6) is -0.133. The molecule has 2 N–H and O–H groups in total. The monoisotopic (exact) mass is 305 g/mol. The number of ether oxygens (including phenoxy) is 1. The Morgan fingerprint density at radius 1 is 1.36 bits per heavy atom. The van der Waals surface area contributed by atoms with Gasteiger partial charge in [0.1, 0.15) is 0 Å². The molecule has 4 heteroatoms. The van der Waals surface area contributed by atoms with Crippen LogP contribution in [0, 0.1) is 5.92 Å². The number of aliphatic hydroxyl groups excluding tert-OH is 1. The number of carbonyl (C=O) groups excluding carboxylic acids is 1. The van der Waals surface area contributed by atoms with Crippen molar-refractivity contribution in [3.05, 3.63) is 35.4 Å². The van der Waals surface area contributed by atoms with Crippen LogP contribution in [-0.2, 0) is 14.9 Å². The normalized spacial score (nSPS) is 23.3. The van der Waals surface area contributed by atoms with Gasteiger partial charge in [-0.05, 0) is 29.9 Å². The third kappa shape index (κ3) is 4.08. The zero-order valence-corrected chi connectivity index (χ0v) is 13.9. The van der Waals surface area contributed by atoms with E-state index in [1.54, 1.807) is 0 Å². The topological polar surface area (TPSA) is 58.6 Å². The summed E-state index contributed by atoms with van der Waals surface area (Å²) in [7, 11) is 0. The molecule has 0 radical (unpaired) electrons. The van der Waals surface area contributed by atoms with Crippen LogP contribution >= 0.6 is 0 Å². The molecule has 0 aliphatic carbocycles. The van der Waals surface area contributed by atoms with Crippen LogP contribution in [0.4, 0.5) is 0 Å². The maximum absolute atomic E-state index is 12.1. The van der Waals surface area contributed by atoms with Crippen molar-refractivity contribution in [1.82, 2.24) is 5.32 Å². The summed E-state index contributed by atoms with van der Waals surface area (Å²) in [5, 5.41) is 13.1. The van der Waals surface area contributed by atoms with E-state index in [1.807, 2.05) is 31.2 Å². The first-order valence-electron chi connectivity index (χ1n) is 7.97. The molecule has 3 atom stereocenters. The van der Waals surface area contributed by atoms with Crippen molar-refractivity contribution in [2.24, 2.45) is 5.92 Å². The Balaban J connectivity index is 1.89. The third-order valence-corrected chi connectivity index (χ3v) is 4.34. The zero-order valence-electron chi connectivity index (χ0n) is 13.9. The van der Waals surface area contributed by atoms with E-state index in [0.29, 0.717) is 6.61 Å². The van der Waals surface area contributed by atoms with Gasteiger partial charge in [0.05, 0.1) is 18.1 Å². The van der Waals surface area contributed by atoms with Gasteiger partial charge in [-0.15, -0.1) is 0 Å². The number of hydrogen-bond donors (Lipinski definition) is 2. The minimum atomic E-state index is -0.685. The van der Waals surface area contributed by atoms with Crippen LogP contribution in [0.2, 0.25) is 0 Å². The fourth-order valence-corrected chi connectivity index (χ4v) is 2.73. The summed E-state index contributed by atoms with van der Waals surface area (Å²) in [6, 6.07) is 7.93. The molecular formula is C18H27NO3. The molecule has 2 rings (SSSR count). The molecule has 0 bridgehead atoms. The van der Waals surface area contributed by atoms with E-state index < -0.39 is 6.10 Å². The Bertz CT molecular complexity index is 504. The highest BCUT2D eigenvalue weighted by Crippen LogP contribution is 2.24. The number of hydrogen-bond acceptors (Lipinski definition) is 3. The molecule has 1 aliphatic rings. The summed E-state index contributed by atoms with van der Waals surface area (Å²) in [4.78, 5) is 12.1. The standard InChI is InChI=1S/C18H27NO3/c1-12-15(9-10-22-12)17(21)19-11-16(20)13-5-7-14(8-6-13)18(2,3)4/h5-8,12,15-16,20H,9-11H2,1-4H3,(H,19,21). The highest BCUT2D eigenvalue weighted by Gasteiger charge is 2.30. The smallest absolute Gasteiger partial charge is 0.225 e. The Morgan fingerprint density at radius 2 is 2.00 bits per heavy atom. The SMILES string of the molecule is CC1OCCC1C(=O)NCC(O)c1ccc(C(C)(C)C)cc1. The molecular weight excluding hydrogens is 278 g/mol. The van der Waals surface area contributed by atoms with Gasteiger partial charge in [0, 0.05) is 13.2 Å². The van der Waals surface area contributed by atoms with E-state index in [0.717, 1.165) is 12.0 Å². The number of aliphatic hydroxyl groups is 1. The van der Waals surface area contributed by atoms with Crippen LogP contribution in [-0.4, -0.2) is 30.3 Å². The fourth-order valence-electron chi connectivity index (χ4n) is 2.73. The van der Waals surface area contributed by atoms with Gasteiger partial charge in [0.25, 0.3) is 0 Å². The first-order valence-corrected chi connectivity index (χ1v) is 7.97. The lowest BCUT2D eigenvalue weighted by molar-refractivity contribution is -0.126. The fraction of sp³-hybridized carbons (Fsp3) is 0.611. The van der Waals surface area contributed by atoms with Crippen LogP contribution in [0.5, 0.6) is 0 Å². The van der Waals surface area contributed by atoms with Crippen LogP contribution in [0.15, 0.2) is 24.3 Å². The van der Waals surface area contributed by atoms with E-state index in [1.165, 1.54) is 5.56 Å². The lowest BCUT2D eigenvalue weighted by atomic mass is 9.86. The molecule has 1 saturated heterocycles. The number of carbonyl (C=O) groups is 1. The largest absolute Gasteiger partial charge is 0.387 e. The van der Waals surface area contributed by atoms with Crippen molar-refractivity contribution in [2.75, 3.05) is 13.2 Å². The van der Waals surface area contributed by atoms with Gasteiger partial charge >= 0.3 is 0 Å². The second-order valence-corrected chi connectivity index (χ2v) is 7.10. The lowest BCUT2D eigenvalue weighted by Gasteiger charge is -2.20. The first kappa shape index (κ1) is 17.0. The average Bonchev–Trinajstić information content (AvgIpc) is 2.90. The second kappa shape index (κ2) is 6.80. The predicted octanol–water partition coefficient (Wildman–Crippen LogP) is 2.56. The molecule has 1 aliphatic heterocycles. The summed E-state index contributed by atoms with van der Waals surface area (Å²) < 4.78 is 5.40. The summed E-state index contributed by atoms with van der Waals surface area (Å²) in [6.45, 7) is 9.25. The number of amides is 1. The maximum Gasteiger partial charge on any atom is 0.225 e. The molecule has 1 heterocycles. The molecule has 0 spiro atoms. The van der Waals surface area contributed by atoms with E-state index in [4.69, 9.17) is 4.74 Å². The van der Waals surface area contributed by atoms with Gasteiger partial charge in [-0.3, -0.25) is 4.79 Å². The molecule has 0 saturated carbocycles. The third-order valence-electron chi connectivity index (χ3n) is 4.34. The number of nitrogens with one attached hydrogen (secondary N) is 1. The Kier molecular flexibility index (Phi) is 5.24. The first-order chi connectivity index (χ1) is 10.3. The highest BCUT2D eigenvalue weighted by atomic mass is 16.5. The maximum atomic E-state index is 12.1. The molecule has 22 heavy (non-hydrogen) atoms. The molecule has 3 unspecified atom stereocenters. The quantitative estimate of drug-likeness (QED) is 0.899. The Labute approximate surface area is 132 Å². The predicted molar refractivity (Wildman–Crippen MR) is 86.6 cm³/mol. The van der Waals surface area contributed by atoms with Gasteiger partial charge < -0.3 is 15.2 Å². The molecule has 122 valence electrons. The average molecular weight is 305 g/mol. The van der Waals surface area contributed by atoms with Crippen LogP contribution < -0.4 is 5.32 Å². The van der Waals surface area contributed by atoms with Crippen LogP contribution in [0.25, 0.3) is 0 Å². The molecule has 1 aromatic rings. The lowest BCUT2D eigenvalue weighted by Crippen LogP contribution is -2.36. The van der Waals surface area contributed by atoms with Crippen LogP contribution in [0.3, 0.4) is 0 Å². The van der Waals surface area contributed by atoms with Crippen molar-refractivity contribution in [1.29, 1.82) is 0 Å². The van der Waals surface area contributed by atoms with E-state index in [2.05, 4.69) is 26.1 Å². The van der Waals surface area contributed by atoms with Gasteiger partial charge in [0.2, 0.25) is 5.91 Å². The van der Waals surface area contributed by atoms with Crippen molar-refractivity contribution >= 4 is 5.91 Å². The van der Waals surface area contributed by atoms with E-state index in [9.17, 15) is 9.90 Å². The zero-order chi connectivity index (χ0) is 16.3. The summed E-state index contributed by atoms with van der Waals surface area (Å²) in [6.07, 6.45) is 0.0300. The van der Waals surface area contributed by atoms with Gasteiger partial charge in [-0.25, -0.2) is 0 Å². The molecule has 0 aromatic heterocycles. The van der Waals surface area contributed by atoms with Crippen molar-refractivity contribution in [3.8, 4) is 0 Å².